The average Bonchev–Trinajstić information content (AvgIpc) is 3.24. The highest BCUT2D eigenvalue weighted by Crippen LogP contribution is 2.39. The maximum atomic E-state index is 12.9. The van der Waals surface area contributed by atoms with Crippen LogP contribution in [0.15, 0.2) is 30.3 Å². The quantitative estimate of drug-likeness (QED) is 0.115. The molecule has 14 heteroatoms. The molecular weight excluding hydrogens is 566 g/mol. The first-order valence-corrected chi connectivity index (χ1v) is 14.8. The van der Waals surface area contributed by atoms with E-state index in [0.29, 0.717) is 38.8 Å². The lowest BCUT2D eigenvalue weighted by Crippen LogP contribution is -2.57. The molecule has 10 N–H and O–H groups in total. The molecule has 4 atom stereocenters. The number of carboxylic acids is 3. The van der Waals surface area contributed by atoms with Gasteiger partial charge in [0.25, 0.3) is 0 Å². The van der Waals surface area contributed by atoms with Crippen molar-refractivity contribution < 1.29 is 39.3 Å². The van der Waals surface area contributed by atoms with E-state index in [2.05, 4.69) is 16.0 Å². The molecule has 1 fully saturated rings. The fraction of sp³-hybridized carbons (Fsp3) is 0.607. The van der Waals surface area contributed by atoms with E-state index in [0.717, 1.165) is 18.4 Å². The highest BCUT2D eigenvalue weighted by molar-refractivity contribution is 8.01. The van der Waals surface area contributed by atoms with Gasteiger partial charge in [-0.2, -0.15) is 0 Å². The van der Waals surface area contributed by atoms with E-state index in [1.807, 2.05) is 30.3 Å². The summed E-state index contributed by atoms with van der Waals surface area (Å²) in [6.07, 6.45) is 4.14. The Morgan fingerprint density at radius 2 is 1.67 bits per heavy atom. The Hall–Kier alpha value is -3.20. The predicted molar refractivity (Wildman–Crippen MR) is 160 cm³/mol. The second-order valence-corrected chi connectivity index (χ2v) is 12.3. The van der Waals surface area contributed by atoms with E-state index in [4.69, 9.17) is 21.7 Å². The van der Waals surface area contributed by atoms with Crippen LogP contribution in [0.4, 0.5) is 0 Å². The van der Waals surface area contributed by atoms with E-state index in [9.17, 15) is 29.1 Å². The normalized spacial score (nSPS) is 18.6. The van der Waals surface area contributed by atoms with Crippen LogP contribution in [-0.4, -0.2) is 86.4 Å². The molecule has 13 nitrogen and oxygen atoms in total. The van der Waals surface area contributed by atoms with E-state index in [1.165, 1.54) is 11.8 Å². The Morgan fingerprint density at radius 3 is 2.21 bits per heavy atom. The Morgan fingerprint density at radius 1 is 1.00 bits per heavy atom. The van der Waals surface area contributed by atoms with E-state index < -0.39 is 52.1 Å². The minimum Gasteiger partial charge on any atom is -0.481 e. The number of nitrogens with one attached hydrogen (secondary N) is 3. The smallest absolute Gasteiger partial charge is 0.322 e. The summed E-state index contributed by atoms with van der Waals surface area (Å²) in [5.41, 5.74) is 11.2. The average molecular weight is 612 g/mol. The summed E-state index contributed by atoms with van der Waals surface area (Å²) in [5.74, 6) is -3.54. The lowest BCUT2D eigenvalue weighted by Gasteiger charge is -2.25. The first kappa shape index (κ1) is 36.8. The summed E-state index contributed by atoms with van der Waals surface area (Å²) in [6, 6.07) is 6.59. The number of amides is 2. The number of carbonyl (C=O) groups excluding carboxylic acids is 2. The number of benzene rings is 1. The Balaban J connectivity index is 0.000000752. The third-order valence-corrected chi connectivity index (χ3v) is 7.97. The van der Waals surface area contributed by atoms with Crippen molar-refractivity contribution in [2.75, 3.05) is 13.1 Å². The number of carboxylic acid groups (broad SMARTS) is 3. The van der Waals surface area contributed by atoms with Gasteiger partial charge < -0.3 is 37.4 Å². The molecule has 1 aromatic rings. The second-order valence-electron chi connectivity index (χ2n) is 10.5. The fourth-order valence-electron chi connectivity index (χ4n) is 4.14. The zero-order chi connectivity index (χ0) is 31.7. The predicted octanol–water partition coefficient (Wildman–Crippen LogP) is 0.897. The molecule has 1 heterocycles. The molecule has 0 saturated carbocycles. The van der Waals surface area contributed by atoms with Crippen LogP contribution in [0.5, 0.6) is 0 Å². The Bertz CT molecular complexity index is 1030. The standard InChI is InChI=1S/C22H31N3O6S.C6H14N2O2/c1-22(2)18(21(30)31)25-20(32-22)17(19(29)23-12-8-4-7-11-16(27)28)24-15(26)13-14-9-5-3-6-10-14;7-4-2-1-3-5(8)6(9)10/h3,5-6,9-10,17-18,20,25H,4,7-8,11-13H2,1-2H3,(H,23,29)(H,24,26)(H,27,28)(H,30,31);5H,1-4,7-8H2,(H,9,10)/t;5-/m.0/s1. The molecule has 2 amide bonds. The number of rotatable bonds is 17. The van der Waals surface area contributed by atoms with Gasteiger partial charge >= 0.3 is 17.9 Å². The van der Waals surface area contributed by atoms with Crippen LogP contribution < -0.4 is 27.4 Å². The van der Waals surface area contributed by atoms with Gasteiger partial charge in [0.2, 0.25) is 11.8 Å². The van der Waals surface area contributed by atoms with E-state index in [1.54, 1.807) is 13.8 Å². The second kappa shape index (κ2) is 19.1. The van der Waals surface area contributed by atoms with Crippen LogP contribution in [0.3, 0.4) is 0 Å². The molecule has 42 heavy (non-hydrogen) atoms. The Labute approximate surface area is 250 Å². The lowest BCUT2D eigenvalue weighted by molar-refractivity contribution is -0.140. The van der Waals surface area contributed by atoms with Crippen LogP contribution in [0.2, 0.25) is 0 Å². The molecule has 3 unspecified atom stereocenters. The maximum absolute atomic E-state index is 12.9. The zero-order valence-electron chi connectivity index (χ0n) is 24.2. The van der Waals surface area contributed by atoms with Crippen molar-refractivity contribution in [1.29, 1.82) is 0 Å². The maximum Gasteiger partial charge on any atom is 0.322 e. The molecular formula is C28H45N5O8S. The number of thioether (sulfide) groups is 1. The van der Waals surface area contributed by atoms with Crippen molar-refractivity contribution in [2.24, 2.45) is 11.5 Å². The van der Waals surface area contributed by atoms with Crippen LogP contribution in [0.1, 0.15) is 64.4 Å². The van der Waals surface area contributed by atoms with Crippen LogP contribution >= 0.6 is 11.8 Å². The molecule has 0 aliphatic carbocycles. The van der Waals surface area contributed by atoms with Gasteiger partial charge in [-0.25, -0.2) is 0 Å². The highest BCUT2D eigenvalue weighted by Gasteiger charge is 2.49. The van der Waals surface area contributed by atoms with Crippen molar-refractivity contribution >= 4 is 41.5 Å². The molecule has 0 spiro atoms. The van der Waals surface area contributed by atoms with Crippen molar-refractivity contribution in [3.05, 3.63) is 35.9 Å². The Kier molecular flexibility index (Phi) is 16.7. The summed E-state index contributed by atoms with van der Waals surface area (Å²) >= 11 is 1.31. The van der Waals surface area contributed by atoms with Gasteiger partial charge in [-0.1, -0.05) is 43.2 Å². The van der Waals surface area contributed by atoms with Crippen molar-refractivity contribution in [3.8, 4) is 0 Å². The van der Waals surface area contributed by atoms with Gasteiger partial charge in [-0.15, -0.1) is 11.8 Å². The number of carbonyl (C=O) groups is 5. The lowest BCUT2D eigenvalue weighted by atomic mass is 10.0. The monoisotopic (exact) mass is 611 g/mol. The van der Waals surface area contributed by atoms with Crippen molar-refractivity contribution in [2.45, 2.75) is 93.5 Å². The SMILES string of the molecule is CC1(C)SC(C(NC(=O)Cc2ccccc2)C(=O)NCCCCCC(=O)O)NC1C(=O)O.NCCCC[C@H](N)C(=O)O. The van der Waals surface area contributed by atoms with Gasteiger partial charge in [0.15, 0.2) is 0 Å². The first-order valence-electron chi connectivity index (χ1n) is 14.0. The molecule has 1 aromatic carbocycles. The van der Waals surface area contributed by atoms with Crippen molar-refractivity contribution in [1.82, 2.24) is 16.0 Å². The molecule has 236 valence electrons. The molecule has 2 rings (SSSR count). The van der Waals surface area contributed by atoms with E-state index >= 15 is 0 Å². The van der Waals surface area contributed by atoms with Crippen LogP contribution in [0.25, 0.3) is 0 Å². The molecule has 0 radical (unpaired) electrons. The highest BCUT2D eigenvalue weighted by atomic mass is 32.2. The third-order valence-electron chi connectivity index (χ3n) is 6.47. The fourth-order valence-corrected chi connectivity index (χ4v) is 5.63. The summed E-state index contributed by atoms with van der Waals surface area (Å²) < 4.78 is -0.671. The summed E-state index contributed by atoms with van der Waals surface area (Å²) in [6.45, 7) is 4.51. The first-order chi connectivity index (χ1) is 19.8. The van der Waals surface area contributed by atoms with Gasteiger partial charge in [-0.05, 0) is 51.6 Å². The number of nitrogens with two attached hydrogens (primary N) is 2. The zero-order valence-corrected chi connectivity index (χ0v) is 25.0. The summed E-state index contributed by atoms with van der Waals surface area (Å²) in [5, 5.41) is 34.4. The van der Waals surface area contributed by atoms with Gasteiger partial charge in [0.05, 0.1) is 11.8 Å². The third kappa shape index (κ3) is 14.1. The number of hydrogen-bond donors (Lipinski definition) is 8. The van der Waals surface area contributed by atoms with Crippen LogP contribution in [-0.2, 0) is 30.4 Å². The minimum atomic E-state index is -1.02. The largest absolute Gasteiger partial charge is 0.481 e. The summed E-state index contributed by atoms with van der Waals surface area (Å²) in [4.78, 5) is 57.9. The molecule has 0 bridgehead atoms. The topological polar surface area (TPSA) is 234 Å². The molecule has 0 aromatic heterocycles. The van der Waals surface area contributed by atoms with E-state index in [-0.39, 0.29) is 18.7 Å². The number of aliphatic carboxylic acids is 3. The molecule has 1 saturated heterocycles. The van der Waals surface area contributed by atoms with Crippen molar-refractivity contribution in [3.63, 3.8) is 0 Å². The van der Waals surface area contributed by atoms with Gasteiger partial charge in [0.1, 0.15) is 18.1 Å². The molecule has 1 aliphatic rings. The van der Waals surface area contributed by atoms with Gasteiger partial charge in [-0.3, -0.25) is 29.3 Å². The van der Waals surface area contributed by atoms with Crippen LogP contribution in [0, 0.1) is 0 Å². The number of hydrogen-bond acceptors (Lipinski definition) is 9. The summed E-state index contributed by atoms with van der Waals surface area (Å²) in [7, 11) is 0. The molecule has 1 aliphatic heterocycles. The van der Waals surface area contributed by atoms with Gasteiger partial charge in [0, 0.05) is 17.7 Å². The number of unbranched alkanes of at least 4 members (excludes halogenated alkanes) is 3. The minimum absolute atomic E-state index is 0.0837.